The highest BCUT2D eigenvalue weighted by Gasteiger charge is 2.20. The van der Waals surface area contributed by atoms with E-state index in [1.165, 1.54) is 16.1 Å². The molecule has 0 spiro atoms. The quantitative estimate of drug-likeness (QED) is 0.728. The summed E-state index contributed by atoms with van der Waals surface area (Å²) in [6.45, 7) is 2.05. The van der Waals surface area contributed by atoms with E-state index < -0.39 is 0 Å². The first-order chi connectivity index (χ1) is 7.33. The summed E-state index contributed by atoms with van der Waals surface area (Å²) in [6.07, 6.45) is 0. The first kappa shape index (κ1) is 9.07. The molecule has 0 saturated heterocycles. The summed E-state index contributed by atoms with van der Waals surface area (Å²) in [5, 5.41) is 1.16. The van der Waals surface area contributed by atoms with Crippen LogP contribution in [0.25, 0.3) is 10.6 Å². The van der Waals surface area contributed by atoms with Crippen molar-refractivity contribution in [3.8, 4) is 10.6 Å². The molecule has 0 aliphatic carbocycles. The Bertz CT molecular complexity index is 452. The molecule has 3 heteroatoms. The van der Waals surface area contributed by atoms with Crippen LogP contribution < -0.4 is 0 Å². The van der Waals surface area contributed by atoms with E-state index in [9.17, 15) is 0 Å². The van der Waals surface area contributed by atoms with Gasteiger partial charge in [0.1, 0.15) is 5.01 Å². The molecule has 15 heavy (non-hydrogen) atoms. The third-order valence-corrected chi connectivity index (χ3v) is 3.76. The topological polar surface area (TPSA) is 16.1 Å². The monoisotopic (exact) mass is 216 g/mol. The molecule has 1 aromatic carbocycles. The van der Waals surface area contributed by atoms with Crippen molar-refractivity contribution in [2.45, 2.75) is 13.1 Å². The van der Waals surface area contributed by atoms with Crippen molar-refractivity contribution < 1.29 is 0 Å². The van der Waals surface area contributed by atoms with E-state index in [2.05, 4.69) is 41.2 Å². The standard InChI is InChI=1S/C12H12N2S/c1-14-7-10-11(8-14)15-12(13-10)9-5-3-2-4-6-9/h2-6H,7-8H2,1H3. The molecular formula is C12H12N2S. The summed E-state index contributed by atoms with van der Waals surface area (Å²) in [5.41, 5.74) is 2.50. The lowest BCUT2D eigenvalue weighted by Gasteiger charge is -2.04. The highest BCUT2D eigenvalue weighted by Crippen LogP contribution is 2.32. The van der Waals surface area contributed by atoms with Crippen molar-refractivity contribution in [2.24, 2.45) is 0 Å². The Morgan fingerprint density at radius 3 is 2.73 bits per heavy atom. The minimum atomic E-state index is 0.999. The normalized spacial score (nSPS) is 15.5. The lowest BCUT2D eigenvalue weighted by molar-refractivity contribution is 0.352. The van der Waals surface area contributed by atoms with E-state index in [4.69, 9.17) is 0 Å². The molecule has 76 valence electrons. The van der Waals surface area contributed by atoms with Gasteiger partial charge in [-0.3, -0.25) is 4.90 Å². The van der Waals surface area contributed by atoms with Crippen LogP contribution in [0.3, 0.4) is 0 Å². The van der Waals surface area contributed by atoms with E-state index in [0.29, 0.717) is 0 Å². The van der Waals surface area contributed by atoms with Gasteiger partial charge in [-0.15, -0.1) is 11.3 Å². The molecule has 0 atom stereocenters. The van der Waals surface area contributed by atoms with Gasteiger partial charge in [-0.05, 0) is 7.05 Å². The molecule has 1 aliphatic rings. The average molecular weight is 216 g/mol. The van der Waals surface area contributed by atoms with Crippen molar-refractivity contribution >= 4 is 11.3 Å². The van der Waals surface area contributed by atoms with E-state index in [1.54, 1.807) is 0 Å². The van der Waals surface area contributed by atoms with Gasteiger partial charge in [-0.1, -0.05) is 30.3 Å². The average Bonchev–Trinajstić information content (AvgIpc) is 2.76. The maximum Gasteiger partial charge on any atom is 0.123 e. The molecule has 2 aromatic rings. The molecule has 0 saturated carbocycles. The third kappa shape index (κ3) is 1.58. The second kappa shape index (κ2) is 3.43. The highest BCUT2D eigenvalue weighted by molar-refractivity contribution is 7.15. The van der Waals surface area contributed by atoms with E-state index >= 15 is 0 Å². The van der Waals surface area contributed by atoms with Crippen LogP contribution in [0.15, 0.2) is 30.3 Å². The van der Waals surface area contributed by atoms with E-state index in [0.717, 1.165) is 18.1 Å². The Kier molecular flexibility index (Phi) is 2.08. The van der Waals surface area contributed by atoms with Crippen LogP contribution in [-0.2, 0) is 13.1 Å². The fraction of sp³-hybridized carbons (Fsp3) is 0.250. The lowest BCUT2D eigenvalue weighted by atomic mass is 10.2. The zero-order valence-electron chi connectivity index (χ0n) is 8.60. The molecular weight excluding hydrogens is 204 g/mol. The molecule has 1 aromatic heterocycles. The molecule has 0 radical (unpaired) electrons. The third-order valence-electron chi connectivity index (χ3n) is 2.63. The number of fused-ring (bicyclic) bond motifs is 1. The predicted octanol–water partition coefficient (Wildman–Crippen LogP) is 2.76. The molecule has 2 nitrogen and oxygen atoms in total. The summed E-state index contributed by atoms with van der Waals surface area (Å²) >= 11 is 1.83. The van der Waals surface area contributed by atoms with E-state index in [1.807, 2.05) is 17.4 Å². The number of thiazole rings is 1. The van der Waals surface area contributed by atoms with Gasteiger partial charge >= 0.3 is 0 Å². The second-order valence-electron chi connectivity index (χ2n) is 3.93. The first-order valence-corrected chi connectivity index (χ1v) is 5.87. The number of nitrogens with zero attached hydrogens (tertiary/aromatic N) is 2. The molecule has 2 heterocycles. The summed E-state index contributed by atoms with van der Waals surface area (Å²) in [7, 11) is 2.14. The molecule has 0 unspecified atom stereocenters. The molecule has 3 rings (SSSR count). The van der Waals surface area contributed by atoms with Crippen molar-refractivity contribution in [1.29, 1.82) is 0 Å². The summed E-state index contributed by atoms with van der Waals surface area (Å²) in [6, 6.07) is 10.4. The minimum Gasteiger partial charge on any atom is -0.295 e. The molecule has 0 bridgehead atoms. The second-order valence-corrected chi connectivity index (χ2v) is 5.01. The van der Waals surface area contributed by atoms with Crippen molar-refractivity contribution in [2.75, 3.05) is 7.05 Å². The van der Waals surface area contributed by atoms with Crippen molar-refractivity contribution in [1.82, 2.24) is 9.88 Å². The van der Waals surface area contributed by atoms with Gasteiger partial charge in [0.05, 0.1) is 5.69 Å². The number of rotatable bonds is 1. The van der Waals surface area contributed by atoms with Crippen LogP contribution in [0.2, 0.25) is 0 Å². The smallest absolute Gasteiger partial charge is 0.123 e. The lowest BCUT2D eigenvalue weighted by Crippen LogP contribution is -2.08. The fourth-order valence-electron chi connectivity index (χ4n) is 1.89. The first-order valence-electron chi connectivity index (χ1n) is 5.05. The summed E-state index contributed by atoms with van der Waals surface area (Å²) < 4.78 is 0. The SMILES string of the molecule is CN1Cc2nc(-c3ccccc3)sc2C1. The fourth-order valence-corrected chi connectivity index (χ4v) is 3.05. The number of benzene rings is 1. The molecule has 0 amide bonds. The maximum absolute atomic E-state index is 4.69. The Morgan fingerprint density at radius 1 is 1.20 bits per heavy atom. The van der Waals surface area contributed by atoms with Crippen molar-refractivity contribution in [3.63, 3.8) is 0 Å². The number of aromatic nitrogens is 1. The van der Waals surface area contributed by atoms with Gasteiger partial charge in [0.25, 0.3) is 0 Å². The highest BCUT2D eigenvalue weighted by atomic mass is 32.1. The maximum atomic E-state index is 4.69. The summed E-state index contributed by atoms with van der Waals surface area (Å²) in [4.78, 5) is 8.41. The zero-order chi connectivity index (χ0) is 10.3. The van der Waals surface area contributed by atoms with Crippen LogP contribution in [0.4, 0.5) is 0 Å². The van der Waals surface area contributed by atoms with Crippen LogP contribution in [0.1, 0.15) is 10.6 Å². The van der Waals surface area contributed by atoms with Crippen LogP contribution in [0.5, 0.6) is 0 Å². The van der Waals surface area contributed by atoms with Crippen LogP contribution >= 0.6 is 11.3 Å². The largest absolute Gasteiger partial charge is 0.295 e. The van der Waals surface area contributed by atoms with Gasteiger partial charge in [0, 0.05) is 23.5 Å². The Hall–Kier alpha value is -1.19. The van der Waals surface area contributed by atoms with Gasteiger partial charge in [0.15, 0.2) is 0 Å². The number of hydrogen-bond donors (Lipinski definition) is 0. The Morgan fingerprint density at radius 2 is 2.00 bits per heavy atom. The minimum absolute atomic E-state index is 0.999. The van der Waals surface area contributed by atoms with Crippen molar-refractivity contribution in [3.05, 3.63) is 40.9 Å². The van der Waals surface area contributed by atoms with Crippen LogP contribution in [0, 0.1) is 0 Å². The Labute approximate surface area is 93.2 Å². The zero-order valence-corrected chi connectivity index (χ0v) is 9.42. The van der Waals surface area contributed by atoms with Gasteiger partial charge < -0.3 is 0 Å². The molecule has 0 fully saturated rings. The Balaban J connectivity index is 2.00. The number of hydrogen-bond acceptors (Lipinski definition) is 3. The molecule has 0 N–H and O–H groups in total. The van der Waals surface area contributed by atoms with Gasteiger partial charge in [-0.2, -0.15) is 0 Å². The predicted molar refractivity (Wildman–Crippen MR) is 62.7 cm³/mol. The van der Waals surface area contributed by atoms with Gasteiger partial charge in [-0.25, -0.2) is 4.98 Å². The summed E-state index contributed by atoms with van der Waals surface area (Å²) in [5.74, 6) is 0. The van der Waals surface area contributed by atoms with Crippen LogP contribution in [-0.4, -0.2) is 16.9 Å². The van der Waals surface area contributed by atoms with E-state index in [-0.39, 0.29) is 0 Å². The van der Waals surface area contributed by atoms with Gasteiger partial charge in [0.2, 0.25) is 0 Å². The molecule has 1 aliphatic heterocycles.